The molecule has 19 heavy (non-hydrogen) atoms. The molecule has 5 aliphatic rings. The second-order valence-electron chi connectivity index (χ2n) is 8.28. The number of hydrogen-bond acceptors (Lipinski definition) is 2. The Hall–Kier alpha value is -0.0800. The molecule has 2 heteroatoms. The molecule has 0 aromatic heterocycles. The highest BCUT2D eigenvalue weighted by Crippen LogP contribution is 2.61. The van der Waals surface area contributed by atoms with Crippen LogP contribution >= 0.6 is 0 Å². The van der Waals surface area contributed by atoms with Gasteiger partial charge in [-0.25, -0.2) is 0 Å². The summed E-state index contributed by atoms with van der Waals surface area (Å²) in [6, 6.07) is 0. The molecule has 2 nitrogen and oxygen atoms in total. The fraction of sp³-hybridized carbons (Fsp3) is 1.00. The van der Waals surface area contributed by atoms with Gasteiger partial charge in [0.25, 0.3) is 0 Å². The smallest absolute Gasteiger partial charge is 0.0574 e. The van der Waals surface area contributed by atoms with E-state index in [1.807, 2.05) is 0 Å². The molecule has 2 N–H and O–H groups in total. The molecule has 5 fully saturated rings. The molecule has 0 spiro atoms. The van der Waals surface area contributed by atoms with Gasteiger partial charge in [0.1, 0.15) is 0 Å². The first-order chi connectivity index (χ1) is 9.22. The van der Waals surface area contributed by atoms with Crippen molar-refractivity contribution in [3.63, 3.8) is 0 Å². The predicted molar refractivity (Wildman–Crippen MR) is 76.8 cm³/mol. The highest BCUT2D eigenvalue weighted by atomic mass is 16.3. The number of aliphatic hydroxyl groups is 1. The van der Waals surface area contributed by atoms with E-state index in [1.54, 1.807) is 0 Å². The highest BCUT2D eigenvalue weighted by molar-refractivity contribution is 5.02. The van der Waals surface area contributed by atoms with Crippen LogP contribution in [0.25, 0.3) is 0 Å². The molecule has 0 radical (unpaired) electrons. The zero-order valence-corrected chi connectivity index (χ0v) is 12.1. The lowest BCUT2D eigenvalue weighted by molar-refractivity contribution is -0.0850. The van der Waals surface area contributed by atoms with E-state index >= 15 is 0 Å². The zero-order chi connectivity index (χ0) is 12.9. The van der Waals surface area contributed by atoms with Gasteiger partial charge in [0.05, 0.1) is 6.10 Å². The number of rotatable bonds is 3. The standard InChI is InChI=1S/C17H29NO/c19-16(15-1-3-18-4-2-15)11-17-8-12-5-13(9-17)7-14(6-12)10-17/h12-16,18-19H,1-11H2. The molecular weight excluding hydrogens is 234 g/mol. The van der Waals surface area contributed by atoms with Gasteiger partial charge in [-0.2, -0.15) is 0 Å². The third-order valence-corrected chi connectivity index (χ3v) is 6.74. The first kappa shape index (κ1) is 12.6. The Morgan fingerprint density at radius 2 is 1.47 bits per heavy atom. The van der Waals surface area contributed by atoms with E-state index in [1.165, 1.54) is 51.4 Å². The minimum atomic E-state index is -0.0154. The van der Waals surface area contributed by atoms with Gasteiger partial charge in [-0.1, -0.05) is 0 Å². The topological polar surface area (TPSA) is 32.3 Å². The summed E-state index contributed by atoms with van der Waals surface area (Å²) < 4.78 is 0. The van der Waals surface area contributed by atoms with Crippen LogP contribution in [0.1, 0.15) is 57.8 Å². The van der Waals surface area contributed by atoms with Gasteiger partial charge >= 0.3 is 0 Å². The summed E-state index contributed by atoms with van der Waals surface area (Å²) in [5.41, 5.74) is 0.555. The molecule has 108 valence electrons. The molecule has 1 aliphatic heterocycles. The number of hydrogen-bond donors (Lipinski definition) is 2. The highest BCUT2D eigenvalue weighted by Gasteiger charge is 2.51. The lowest BCUT2D eigenvalue weighted by Crippen LogP contribution is -2.48. The van der Waals surface area contributed by atoms with Crippen LogP contribution in [-0.4, -0.2) is 24.3 Å². The van der Waals surface area contributed by atoms with Crippen LogP contribution < -0.4 is 5.32 Å². The largest absolute Gasteiger partial charge is 0.393 e. The molecule has 1 heterocycles. The number of piperidine rings is 1. The Balaban J connectivity index is 1.44. The van der Waals surface area contributed by atoms with Crippen molar-refractivity contribution in [3.8, 4) is 0 Å². The molecule has 0 aromatic rings. The van der Waals surface area contributed by atoms with Crippen LogP contribution in [0.5, 0.6) is 0 Å². The molecule has 4 saturated carbocycles. The van der Waals surface area contributed by atoms with Gasteiger partial charge in [-0.15, -0.1) is 0 Å². The van der Waals surface area contributed by atoms with Gasteiger partial charge < -0.3 is 10.4 Å². The average molecular weight is 263 g/mol. The quantitative estimate of drug-likeness (QED) is 0.820. The summed E-state index contributed by atoms with van der Waals surface area (Å²) in [6.45, 7) is 2.23. The lowest BCUT2D eigenvalue weighted by Gasteiger charge is -2.57. The maximum atomic E-state index is 10.7. The summed E-state index contributed by atoms with van der Waals surface area (Å²) in [6.07, 6.45) is 12.4. The SMILES string of the molecule is OC(CC12CC3CC(CC(C3)C1)C2)C1CCNCC1. The fourth-order valence-electron chi connectivity index (χ4n) is 6.38. The second kappa shape index (κ2) is 4.73. The van der Waals surface area contributed by atoms with Crippen LogP contribution in [0.3, 0.4) is 0 Å². The van der Waals surface area contributed by atoms with E-state index in [9.17, 15) is 5.11 Å². The number of aliphatic hydroxyl groups excluding tert-OH is 1. The van der Waals surface area contributed by atoms with Gasteiger partial charge in [-0.05, 0) is 100.0 Å². The minimum Gasteiger partial charge on any atom is -0.393 e. The molecule has 1 unspecified atom stereocenters. The molecule has 5 rings (SSSR count). The van der Waals surface area contributed by atoms with E-state index in [0.717, 1.165) is 37.3 Å². The summed E-state index contributed by atoms with van der Waals surface area (Å²) in [7, 11) is 0. The van der Waals surface area contributed by atoms with Crippen LogP contribution in [0.15, 0.2) is 0 Å². The molecule has 1 saturated heterocycles. The van der Waals surface area contributed by atoms with Crippen LogP contribution in [0.2, 0.25) is 0 Å². The molecule has 4 bridgehead atoms. The van der Waals surface area contributed by atoms with Gasteiger partial charge in [0, 0.05) is 0 Å². The van der Waals surface area contributed by atoms with Crippen molar-refractivity contribution in [2.24, 2.45) is 29.1 Å². The van der Waals surface area contributed by atoms with E-state index in [-0.39, 0.29) is 6.10 Å². The number of nitrogens with one attached hydrogen (secondary N) is 1. The Morgan fingerprint density at radius 3 is 2.00 bits per heavy atom. The average Bonchev–Trinajstić information content (AvgIpc) is 2.37. The van der Waals surface area contributed by atoms with Gasteiger partial charge in [-0.3, -0.25) is 0 Å². The third-order valence-electron chi connectivity index (χ3n) is 6.74. The van der Waals surface area contributed by atoms with Crippen LogP contribution in [0.4, 0.5) is 0 Å². The fourth-order valence-corrected chi connectivity index (χ4v) is 6.38. The van der Waals surface area contributed by atoms with Crippen molar-refractivity contribution >= 4 is 0 Å². The Labute approximate surface area is 117 Å². The van der Waals surface area contributed by atoms with Crippen LogP contribution in [-0.2, 0) is 0 Å². The maximum absolute atomic E-state index is 10.7. The van der Waals surface area contributed by atoms with E-state index in [4.69, 9.17) is 0 Å². The van der Waals surface area contributed by atoms with Crippen molar-refractivity contribution in [3.05, 3.63) is 0 Å². The van der Waals surface area contributed by atoms with Crippen molar-refractivity contribution in [1.29, 1.82) is 0 Å². The molecular formula is C17H29NO. The molecule has 0 aromatic carbocycles. The van der Waals surface area contributed by atoms with Crippen molar-refractivity contribution in [2.75, 3.05) is 13.1 Å². The Morgan fingerprint density at radius 1 is 0.947 bits per heavy atom. The summed E-state index contributed by atoms with van der Waals surface area (Å²) in [5, 5.41) is 14.1. The zero-order valence-electron chi connectivity index (χ0n) is 12.1. The molecule has 1 atom stereocenters. The second-order valence-corrected chi connectivity index (χ2v) is 8.28. The summed E-state index contributed by atoms with van der Waals surface area (Å²) in [4.78, 5) is 0. The van der Waals surface area contributed by atoms with Crippen molar-refractivity contribution in [1.82, 2.24) is 5.32 Å². The Bertz CT molecular complexity index is 299. The summed E-state index contributed by atoms with van der Waals surface area (Å²) in [5.74, 6) is 3.64. The molecule has 0 amide bonds. The molecule has 4 aliphatic carbocycles. The first-order valence-corrected chi connectivity index (χ1v) is 8.61. The maximum Gasteiger partial charge on any atom is 0.0574 e. The van der Waals surface area contributed by atoms with Crippen molar-refractivity contribution in [2.45, 2.75) is 63.9 Å². The lowest BCUT2D eigenvalue weighted by atomic mass is 9.48. The normalized spacial score (nSPS) is 47.5. The monoisotopic (exact) mass is 263 g/mol. The Kier molecular flexibility index (Phi) is 3.15. The van der Waals surface area contributed by atoms with Crippen molar-refractivity contribution < 1.29 is 5.11 Å². The van der Waals surface area contributed by atoms with Gasteiger partial charge in [0.2, 0.25) is 0 Å². The predicted octanol–water partition coefficient (Wildman–Crippen LogP) is 2.95. The van der Waals surface area contributed by atoms with E-state index in [0.29, 0.717) is 11.3 Å². The summed E-state index contributed by atoms with van der Waals surface area (Å²) >= 11 is 0. The van der Waals surface area contributed by atoms with E-state index in [2.05, 4.69) is 5.32 Å². The third kappa shape index (κ3) is 2.35. The van der Waals surface area contributed by atoms with Crippen LogP contribution in [0, 0.1) is 29.1 Å². The van der Waals surface area contributed by atoms with E-state index < -0.39 is 0 Å². The first-order valence-electron chi connectivity index (χ1n) is 8.61. The minimum absolute atomic E-state index is 0.0154. The van der Waals surface area contributed by atoms with Gasteiger partial charge in [0.15, 0.2) is 0 Å².